The molecule has 2 aliphatic carbocycles. The van der Waals surface area contributed by atoms with Crippen LogP contribution < -0.4 is 0 Å². The van der Waals surface area contributed by atoms with E-state index < -0.39 is 0 Å². The molecule has 0 N–H and O–H groups in total. The lowest BCUT2D eigenvalue weighted by Gasteiger charge is -2.34. The van der Waals surface area contributed by atoms with E-state index in [9.17, 15) is 9.59 Å². The number of carbonyl (C=O) groups is 2. The van der Waals surface area contributed by atoms with Crippen LogP contribution >= 0.6 is 0 Å². The highest BCUT2D eigenvalue weighted by atomic mass is 16.2. The molecule has 1 heterocycles. The van der Waals surface area contributed by atoms with Crippen molar-refractivity contribution in [2.45, 2.75) is 77.3 Å². The van der Waals surface area contributed by atoms with Gasteiger partial charge in [0.05, 0.1) is 11.1 Å². The zero-order valence-electron chi connectivity index (χ0n) is 17.9. The Bertz CT molecular complexity index is 634. The van der Waals surface area contributed by atoms with E-state index in [1.54, 1.807) is 18.5 Å². The van der Waals surface area contributed by atoms with Crippen LogP contribution in [0.2, 0.25) is 0 Å². The van der Waals surface area contributed by atoms with Crippen LogP contribution in [0.25, 0.3) is 0 Å². The number of rotatable bonds is 4. The third-order valence-electron chi connectivity index (χ3n) is 6.94. The van der Waals surface area contributed by atoms with E-state index in [0.717, 1.165) is 37.5 Å². The lowest BCUT2D eigenvalue weighted by molar-refractivity contribution is 0.0676. The Morgan fingerprint density at radius 3 is 1.46 bits per heavy atom. The molecule has 2 fully saturated rings. The maximum absolute atomic E-state index is 13.0. The van der Waals surface area contributed by atoms with Crippen LogP contribution in [0.4, 0.5) is 0 Å². The number of hydrogen-bond donors (Lipinski definition) is 0. The highest BCUT2D eigenvalue weighted by Crippen LogP contribution is 2.28. The molecule has 0 saturated heterocycles. The summed E-state index contributed by atoms with van der Waals surface area (Å²) in [4.78, 5) is 33.8. The summed E-state index contributed by atoms with van der Waals surface area (Å²) >= 11 is 0. The molecule has 0 bridgehead atoms. The molecule has 2 aliphatic rings. The Kier molecular flexibility index (Phi) is 6.73. The van der Waals surface area contributed by atoms with Crippen molar-refractivity contribution in [3.63, 3.8) is 0 Å². The Labute approximate surface area is 169 Å². The summed E-state index contributed by atoms with van der Waals surface area (Å²) < 4.78 is 0. The third-order valence-corrected chi connectivity index (χ3v) is 6.94. The molecule has 0 aliphatic heterocycles. The third kappa shape index (κ3) is 4.73. The fourth-order valence-corrected chi connectivity index (χ4v) is 4.67. The monoisotopic (exact) mass is 385 g/mol. The van der Waals surface area contributed by atoms with Crippen LogP contribution in [0.5, 0.6) is 0 Å². The average Bonchev–Trinajstić information content (AvgIpc) is 2.73. The van der Waals surface area contributed by atoms with Crippen molar-refractivity contribution in [2.24, 2.45) is 11.8 Å². The lowest BCUT2D eigenvalue weighted by Crippen LogP contribution is -2.40. The first kappa shape index (κ1) is 20.8. The maximum atomic E-state index is 13.0. The lowest BCUT2D eigenvalue weighted by atomic mass is 9.86. The zero-order valence-corrected chi connectivity index (χ0v) is 17.9. The van der Waals surface area contributed by atoms with Gasteiger partial charge in [0.25, 0.3) is 11.8 Å². The second-order valence-corrected chi connectivity index (χ2v) is 9.12. The molecule has 0 spiro atoms. The van der Waals surface area contributed by atoms with Gasteiger partial charge in [-0.25, -0.2) is 0 Å². The van der Waals surface area contributed by atoms with Gasteiger partial charge in [0.15, 0.2) is 0 Å². The minimum absolute atomic E-state index is 0.0316. The van der Waals surface area contributed by atoms with E-state index in [4.69, 9.17) is 0 Å². The van der Waals surface area contributed by atoms with Gasteiger partial charge < -0.3 is 9.80 Å². The molecule has 1 aromatic heterocycles. The van der Waals surface area contributed by atoms with E-state index in [1.165, 1.54) is 25.7 Å². The Hall–Kier alpha value is -1.91. The predicted molar refractivity (Wildman–Crippen MR) is 111 cm³/mol. The Morgan fingerprint density at radius 1 is 0.750 bits per heavy atom. The van der Waals surface area contributed by atoms with E-state index in [0.29, 0.717) is 11.1 Å². The van der Waals surface area contributed by atoms with Crippen LogP contribution in [0, 0.1) is 11.8 Å². The molecule has 154 valence electrons. The number of nitrogens with zero attached hydrogens (tertiary/aromatic N) is 3. The fourth-order valence-electron chi connectivity index (χ4n) is 4.67. The molecule has 2 amide bonds. The van der Waals surface area contributed by atoms with Gasteiger partial charge in [-0.3, -0.25) is 14.6 Å². The Balaban J connectivity index is 1.67. The molecule has 3 rings (SSSR count). The molecule has 0 atom stereocenters. The SMILES string of the molecule is CC1CCC(N(C)C(=O)c2cncc(C(=O)N(C)C3CCC(C)CC3)c2)CC1. The van der Waals surface area contributed by atoms with Crippen molar-refractivity contribution in [3.8, 4) is 0 Å². The summed E-state index contributed by atoms with van der Waals surface area (Å²) in [5, 5.41) is 0. The summed E-state index contributed by atoms with van der Waals surface area (Å²) in [6.07, 6.45) is 12.1. The molecule has 0 unspecified atom stereocenters. The normalized spacial score (nSPS) is 27.9. The first-order valence-corrected chi connectivity index (χ1v) is 10.9. The van der Waals surface area contributed by atoms with Gasteiger partial charge in [-0.2, -0.15) is 0 Å². The number of amides is 2. The van der Waals surface area contributed by atoms with Crippen molar-refractivity contribution in [1.82, 2.24) is 14.8 Å². The van der Waals surface area contributed by atoms with Gasteiger partial charge in [-0.1, -0.05) is 13.8 Å². The van der Waals surface area contributed by atoms with Crippen molar-refractivity contribution in [1.29, 1.82) is 0 Å². The van der Waals surface area contributed by atoms with Crippen LogP contribution in [-0.2, 0) is 0 Å². The van der Waals surface area contributed by atoms with Crippen molar-refractivity contribution >= 4 is 11.8 Å². The predicted octanol–water partition coefficient (Wildman–Crippen LogP) is 4.38. The minimum Gasteiger partial charge on any atom is -0.339 e. The molecule has 1 aromatic rings. The zero-order chi connectivity index (χ0) is 20.3. The van der Waals surface area contributed by atoms with Crippen molar-refractivity contribution in [2.75, 3.05) is 14.1 Å². The number of hydrogen-bond acceptors (Lipinski definition) is 3. The smallest absolute Gasteiger partial charge is 0.255 e. The van der Waals surface area contributed by atoms with Crippen LogP contribution in [0.15, 0.2) is 18.5 Å². The molecule has 0 aromatic carbocycles. The second kappa shape index (κ2) is 9.06. The first-order chi connectivity index (χ1) is 13.4. The summed E-state index contributed by atoms with van der Waals surface area (Å²) in [5.74, 6) is 1.44. The van der Waals surface area contributed by atoms with Crippen LogP contribution in [0.3, 0.4) is 0 Å². The van der Waals surface area contributed by atoms with Crippen LogP contribution in [-0.4, -0.2) is 52.8 Å². The molecule has 28 heavy (non-hydrogen) atoms. The van der Waals surface area contributed by atoms with Gasteiger partial charge in [0.2, 0.25) is 0 Å². The average molecular weight is 386 g/mol. The van der Waals surface area contributed by atoms with Gasteiger partial charge in [-0.15, -0.1) is 0 Å². The number of aromatic nitrogens is 1. The van der Waals surface area contributed by atoms with Gasteiger partial charge >= 0.3 is 0 Å². The summed E-state index contributed by atoms with van der Waals surface area (Å²) in [6, 6.07) is 2.30. The van der Waals surface area contributed by atoms with E-state index in [2.05, 4.69) is 18.8 Å². The first-order valence-electron chi connectivity index (χ1n) is 10.9. The largest absolute Gasteiger partial charge is 0.339 e. The highest BCUT2D eigenvalue weighted by molar-refractivity contribution is 5.99. The Morgan fingerprint density at radius 2 is 1.11 bits per heavy atom. The molecular formula is C23H35N3O2. The summed E-state index contributed by atoms with van der Waals surface area (Å²) in [5.41, 5.74) is 1.02. The van der Waals surface area contributed by atoms with E-state index >= 15 is 0 Å². The van der Waals surface area contributed by atoms with Gasteiger partial charge in [-0.05, 0) is 69.3 Å². The van der Waals surface area contributed by atoms with E-state index in [1.807, 2.05) is 23.9 Å². The highest BCUT2D eigenvalue weighted by Gasteiger charge is 2.28. The fraction of sp³-hybridized carbons (Fsp3) is 0.696. The summed E-state index contributed by atoms with van der Waals surface area (Å²) in [7, 11) is 3.76. The topological polar surface area (TPSA) is 53.5 Å². The number of carbonyl (C=O) groups excluding carboxylic acids is 2. The van der Waals surface area contributed by atoms with Crippen molar-refractivity contribution < 1.29 is 9.59 Å². The van der Waals surface area contributed by atoms with Crippen LogP contribution in [0.1, 0.15) is 85.9 Å². The second-order valence-electron chi connectivity index (χ2n) is 9.12. The molecule has 5 nitrogen and oxygen atoms in total. The number of pyridine rings is 1. The summed E-state index contributed by atoms with van der Waals surface area (Å²) in [6.45, 7) is 4.56. The quantitative estimate of drug-likeness (QED) is 0.773. The van der Waals surface area contributed by atoms with Gasteiger partial charge in [0, 0.05) is 38.6 Å². The molecular weight excluding hydrogens is 350 g/mol. The molecule has 2 saturated carbocycles. The molecule has 0 radical (unpaired) electrons. The maximum Gasteiger partial charge on any atom is 0.255 e. The minimum atomic E-state index is -0.0316. The standard InChI is InChI=1S/C23H35N3O2/c1-16-5-9-20(10-6-16)25(3)22(27)18-13-19(15-24-14-18)23(28)26(4)21-11-7-17(2)8-12-21/h13-17,20-21H,5-12H2,1-4H3. The van der Waals surface area contributed by atoms with Crippen molar-refractivity contribution in [3.05, 3.63) is 29.6 Å². The molecule has 5 heteroatoms. The van der Waals surface area contributed by atoms with E-state index in [-0.39, 0.29) is 23.9 Å². The van der Waals surface area contributed by atoms with Gasteiger partial charge in [0.1, 0.15) is 0 Å².